The van der Waals surface area contributed by atoms with Crippen LogP contribution in [0.5, 0.6) is 17.2 Å². The zero-order valence-corrected chi connectivity index (χ0v) is 24.0. The Balaban J connectivity index is 1.26. The lowest BCUT2D eigenvalue weighted by Crippen LogP contribution is -2.23. The maximum absolute atomic E-state index is 12.8. The van der Waals surface area contributed by atoms with Gasteiger partial charge >= 0.3 is 5.97 Å². The van der Waals surface area contributed by atoms with Crippen LogP contribution in [0.4, 0.5) is 5.88 Å². The first kappa shape index (κ1) is 29.5. The van der Waals surface area contributed by atoms with Gasteiger partial charge in [0.05, 0.1) is 14.2 Å². The van der Waals surface area contributed by atoms with E-state index in [0.29, 0.717) is 39.7 Å². The van der Waals surface area contributed by atoms with Gasteiger partial charge in [-0.2, -0.15) is 5.26 Å². The maximum Gasteiger partial charge on any atom is 0.344 e. The zero-order chi connectivity index (χ0) is 30.9. The number of rotatable bonds is 11. The van der Waals surface area contributed by atoms with E-state index in [1.54, 1.807) is 74.9 Å². The Kier molecular flexibility index (Phi) is 9.23. The summed E-state index contributed by atoms with van der Waals surface area (Å²) < 4.78 is 27.2. The summed E-state index contributed by atoms with van der Waals surface area (Å²) in [5.74, 6) is 0.662. The van der Waals surface area contributed by atoms with Crippen molar-refractivity contribution in [2.24, 2.45) is 0 Å². The van der Waals surface area contributed by atoms with Crippen LogP contribution in [-0.4, -0.2) is 39.3 Å². The molecule has 9 nitrogen and oxygen atoms in total. The van der Waals surface area contributed by atoms with Crippen LogP contribution < -0.4 is 19.5 Å². The lowest BCUT2D eigenvalue weighted by Gasteiger charge is -2.08. The van der Waals surface area contributed by atoms with Crippen LogP contribution in [0.1, 0.15) is 5.56 Å². The van der Waals surface area contributed by atoms with Gasteiger partial charge in [0.25, 0.3) is 5.91 Å². The summed E-state index contributed by atoms with van der Waals surface area (Å²) in [7, 11) is 3.13. The SMILES string of the molecule is COc1ccc(-c2oc(NC(=O)COC(=O)COc3ccc(-c4ccccc4)cc3)c(C#N)c2-c2ccc(OC)cc2)cc1. The fourth-order valence-electron chi connectivity index (χ4n) is 4.47. The van der Waals surface area contributed by atoms with Crippen molar-refractivity contribution in [3.05, 3.63) is 109 Å². The van der Waals surface area contributed by atoms with E-state index in [4.69, 9.17) is 23.4 Å². The molecule has 0 aliphatic rings. The zero-order valence-electron chi connectivity index (χ0n) is 24.0. The topological polar surface area (TPSA) is 120 Å². The molecule has 1 aromatic heterocycles. The van der Waals surface area contributed by atoms with Crippen LogP contribution >= 0.6 is 0 Å². The Morgan fingerprint density at radius 2 is 1.25 bits per heavy atom. The number of hydrogen-bond donors (Lipinski definition) is 1. The molecule has 5 rings (SSSR count). The summed E-state index contributed by atoms with van der Waals surface area (Å²) in [5, 5.41) is 12.6. The Labute approximate surface area is 254 Å². The number of nitriles is 1. The Morgan fingerprint density at radius 1 is 0.705 bits per heavy atom. The van der Waals surface area contributed by atoms with Gasteiger partial charge in [-0.25, -0.2) is 4.79 Å². The molecule has 0 radical (unpaired) electrons. The number of ether oxygens (including phenoxy) is 4. The normalized spacial score (nSPS) is 10.4. The highest BCUT2D eigenvalue weighted by Gasteiger charge is 2.25. The number of furan rings is 1. The van der Waals surface area contributed by atoms with Crippen LogP contribution in [0.3, 0.4) is 0 Å². The standard InChI is InChI=1S/C35H28N2O7/c1-40-27-14-10-25(11-15-27)33-30(20-36)35(44-34(33)26-12-16-28(41-2)17-13-26)37-31(38)21-43-32(39)22-42-29-18-8-24(9-19-29)23-6-4-3-5-7-23/h3-19H,21-22H2,1-2H3,(H,37,38). The molecule has 0 atom stereocenters. The van der Waals surface area contributed by atoms with Crippen molar-refractivity contribution in [1.29, 1.82) is 5.26 Å². The number of esters is 1. The van der Waals surface area contributed by atoms with Crippen molar-refractivity contribution in [2.45, 2.75) is 0 Å². The van der Waals surface area contributed by atoms with E-state index in [9.17, 15) is 14.9 Å². The molecule has 9 heteroatoms. The molecule has 4 aromatic carbocycles. The number of carbonyl (C=O) groups excluding carboxylic acids is 2. The molecular weight excluding hydrogens is 560 g/mol. The number of benzene rings is 4. The first-order valence-corrected chi connectivity index (χ1v) is 13.6. The lowest BCUT2D eigenvalue weighted by atomic mass is 9.98. The third kappa shape index (κ3) is 6.89. The lowest BCUT2D eigenvalue weighted by molar-refractivity contribution is -0.149. The van der Waals surface area contributed by atoms with Gasteiger partial charge in [-0.15, -0.1) is 0 Å². The van der Waals surface area contributed by atoms with Crippen molar-refractivity contribution < 1.29 is 33.0 Å². The van der Waals surface area contributed by atoms with Gasteiger partial charge in [-0.1, -0.05) is 54.6 Å². The second-order valence-corrected chi connectivity index (χ2v) is 9.47. The third-order valence-corrected chi connectivity index (χ3v) is 6.69. The number of methoxy groups -OCH3 is 2. The van der Waals surface area contributed by atoms with Gasteiger partial charge in [-0.3, -0.25) is 10.1 Å². The van der Waals surface area contributed by atoms with E-state index in [0.717, 1.165) is 11.1 Å². The number of anilines is 1. The number of hydrogen-bond acceptors (Lipinski definition) is 8. The minimum atomic E-state index is -0.731. The molecular formula is C35H28N2O7. The van der Waals surface area contributed by atoms with Crippen LogP contribution in [-0.2, 0) is 14.3 Å². The summed E-state index contributed by atoms with van der Waals surface area (Å²) >= 11 is 0. The summed E-state index contributed by atoms with van der Waals surface area (Å²) in [4.78, 5) is 25.1. The number of amides is 1. The van der Waals surface area contributed by atoms with E-state index in [2.05, 4.69) is 11.4 Å². The van der Waals surface area contributed by atoms with Crippen LogP contribution in [0.25, 0.3) is 33.6 Å². The molecule has 0 fully saturated rings. The van der Waals surface area contributed by atoms with Gasteiger partial charge in [-0.05, 0) is 65.2 Å². The van der Waals surface area contributed by atoms with Crippen LogP contribution in [0.2, 0.25) is 0 Å². The summed E-state index contributed by atoms with van der Waals surface area (Å²) in [6.07, 6.45) is 0. The summed E-state index contributed by atoms with van der Waals surface area (Å²) in [6, 6.07) is 33.5. The largest absolute Gasteiger partial charge is 0.497 e. The van der Waals surface area contributed by atoms with Gasteiger partial charge in [0.2, 0.25) is 5.88 Å². The van der Waals surface area contributed by atoms with Crippen LogP contribution in [0.15, 0.2) is 108 Å². The van der Waals surface area contributed by atoms with E-state index in [1.165, 1.54) is 0 Å². The van der Waals surface area contributed by atoms with E-state index >= 15 is 0 Å². The Morgan fingerprint density at radius 3 is 1.84 bits per heavy atom. The van der Waals surface area contributed by atoms with Gasteiger partial charge < -0.3 is 23.4 Å². The number of nitrogens with one attached hydrogen (secondary N) is 1. The molecule has 44 heavy (non-hydrogen) atoms. The molecule has 0 saturated carbocycles. The highest BCUT2D eigenvalue weighted by molar-refractivity contribution is 5.97. The molecule has 0 unspecified atom stereocenters. The first-order valence-electron chi connectivity index (χ1n) is 13.6. The quantitative estimate of drug-likeness (QED) is 0.169. The minimum Gasteiger partial charge on any atom is -0.497 e. The Bertz CT molecular complexity index is 1770. The molecule has 1 amide bonds. The van der Waals surface area contributed by atoms with Gasteiger partial charge in [0.15, 0.2) is 13.2 Å². The number of carbonyl (C=O) groups is 2. The van der Waals surface area contributed by atoms with Crippen molar-refractivity contribution in [3.8, 4) is 56.9 Å². The second-order valence-electron chi connectivity index (χ2n) is 9.47. The molecule has 0 spiro atoms. The summed E-state index contributed by atoms with van der Waals surface area (Å²) in [6.45, 7) is -0.984. The average Bonchev–Trinajstić information content (AvgIpc) is 3.44. The highest BCUT2D eigenvalue weighted by atomic mass is 16.6. The van der Waals surface area contributed by atoms with Crippen molar-refractivity contribution in [2.75, 3.05) is 32.8 Å². The van der Waals surface area contributed by atoms with E-state index in [1.807, 2.05) is 42.5 Å². The predicted molar refractivity (Wildman–Crippen MR) is 164 cm³/mol. The van der Waals surface area contributed by atoms with Gasteiger partial charge in [0.1, 0.15) is 34.6 Å². The third-order valence-electron chi connectivity index (χ3n) is 6.69. The van der Waals surface area contributed by atoms with Gasteiger partial charge in [0, 0.05) is 11.1 Å². The molecule has 5 aromatic rings. The van der Waals surface area contributed by atoms with Crippen molar-refractivity contribution in [1.82, 2.24) is 0 Å². The Hall–Kier alpha value is -6.01. The van der Waals surface area contributed by atoms with E-state index in [-0.39, 0.29) is 18.1 Å². The monoisotopic (exact) mass is 588 g/mol. The average molecular weight is 589 g/mol. The molecule has 0 saturated heterocycles. The predicted octanol–water partition coefficient (Wildman–Crippen LogP) is 6.73. The summed E-state index contributed by atoms with van der Waals surface area (Å²) in [5.41, 5.74) is 4.01. The molecule has 220 valence electrons. The molecule has 0 bridgehead atoms. The molecule has 0 aliphatic carbocycles. The first-order chi connectivity index (χ1) is 21.5. The second kappa shape index (κ2) is 13.8. The van der Waals surface area contributed by atoms with E-state index < -0.39 is 18.5 Å². The van der Waals surface area contributed by atoms with Crippen molar-refractivity contribution in [3.63, 3.8) is 0 Å². The fourth-order valence-corrected chi connectivity index (χ4v) is 4.47. The molecule has 1 N–H and O–H groups in total. The smallest absolute Gasteiger partial charge is 0.344 e. The molecule has 1 heterocycles. The fraction of sp³-hybridized carbons (Fsp3) is 0.114. The van der Waals surface area contributed by atoms with Crippen LogP contribution in [0, 0.1) is 11.3 Å². The minimum absolute atomic E-state index is 0.0695. The van der Waals surface area contributed by atoms with Crippen molar-refractivity contribution >= 4 is 17.8 Å². The highest BCUT2D eigenvalue weighted by Crippen LogP contribution is 2.42. The maximum atomic E-state index is 12.8. The number of nitrogens with zero attached hydrogens (tertiary/aromatic N) is 1. The molecule has 0 aliphatic heterocycles.